The highest BCUT2D eigenvalue weighted by molar-refractivity contribution is 5.77. The summed E-state index contributed by atoms with van der Waals surface area (Å²) in [6.07, 6.45) is 2.75. The highest BCUT2D eigenvalue weighted by Gasteiger charge is 2.20. The lowest BCUT2D eigenvalue weighted by molar-refractivity contribution is 0.446. The molecule has 0 N–H and O–H groups in total. The molecule has 0 spiro atoms. The molecule has 0 radical (unpaired) electrons. The van der Waals surface area contributed by atoms with Gasteiger partial charge >= 0.3 is 0 Å². The van der Waals surface area contributed by atoms with Gasteiger partial charge in [-0.25, -0.2) is 4.98 Å². The lowest BCUT2D eigenvalue weighted by Gasteiger charge is -2.16. The van der Waals surface area contributed by atoms with Crippen molar-refractivity contribution in [1.82, 2.24) is 9.97 Å². The van der Waals surface area contributed by atoms with Gasteiger partial charge in [0.2, 0.25) is 5.88 Å². The Morgan fingerprint density at radius 3 is 2.54 bits per heavy atom. The van der Waals surface area contributed by atoms with Gasteiger partial charge < -0.3 is 4.74 Å². The van der Waals surface area contributed by atoms with Crippen molar-refractivity contribution in [3.63, 3.8) is 0 Å². The van der Waals surface area contributed by atoms with E-state index in [4.69, 9.17) is 4.74 Å². The molecular weight excluding hydrogens is 296 g/mol. The van der Waals surface area contributed by atoms with Gasteiger partial charge in [-0.15, -0.1) is 0 Å². The lowest BCUT2D eigenvalue weighted by Crippen LogP contribution is -2.15. The summed E-state index contributed by atoms with van der Waals surface area (Å²) in [5.41, 5.74) is 5.18. The fourth-order valence-electron chi connectivity index (χ4n) is 3.05. The molecular formula is C21H20N2O. The smallest absolute Gasteiger partial charge is 0.222 e. The van der Waals surface area contributed by atoms with Crippen LogP contribution in [-0.4, -0.2) is 9.97 Å². The number of rotatable bonds is 2. The molecule has 0 amide bonds. The van der Waals surface area contributed by atoms with Crippen LogP contribution in [0.5, 0.6) is 11.6 Å². The molecule has 3 aromatic rings. The molecule has 0 fully saturated rings. The highest BCUT2D eigenvalue weighted by atomic mass is 16.5. The first-order chi connectivity index (χ1) is 11.5. The molecule has 1 aromatic heterocycles. The van der Waals surface area contributed by atoms with E-state index in [-0.39, 0.29) is 5.41 Å². The first-order valence-corrected chi connectivity index (χ1v) is 8.23. The van der Waals surface area contributed by atoms with Gasteiger partial charge in [0, 0.05) is 17.7 Å². The van der Waals surface area contributed by atoms with Crippen molar-refractivity contribution in [1.29, 1.82) is 0 Å². The van der Waals surface area contributed by atoms with E-state index in [1.165, 1.54) is 22.3 Å². The van der Waals surface area contributed by atoms with Crippen LogP contribution in [0.15, 0.2) is 54.7 Å². The molecule has 0 aliphatic heterocycles. The van der Waals surface area contributed by atoms with Crippen molar-refractivity contribution in [3.8, 4) is 22.8 Å². The van der Waals surface area contributed by atoms with E-state index in [0.717, 1.165) is 18.0 Å². The Labute approximate surface area is 142 Å². The summed E-state index contributed by atoms with van der Waals surface area (Å²) in [7, 11) is 0. The first-order valence-electron chi connectivity index (χ1n) is 8.23. The van der Waals surface area contributed by atoms with Crippen LogP contribution in [0, 0.1) is 0 Å². The SMILES string of the molecule is CC(C)(C)c1nccc(Oc2ccc3c(c2)-c2ccccc2C3)n1. The average Bonchev–Trinajstić information content (AvgIpc) is 2.92. The van der Waals surface area contributed by atoms with E-state index >= 15 is 0 Å². The molecule has 0 saturated heterocycles. The molecule has 0 atom stereocenters. The molecule has 120 valence electrons. The Morgan fingerprint density at radius 2 is 1.71 bits per heavy atom. The van der Waals surface area contributed by atoms with Crippen LogP contribution in [0.3, 0.4) is 0 Å². The quantitative estimate of drug-likeness (QED) is 0.514. The van der Waals surface area contributed by atoms with Crippen LogP contribution in [0.1, 0.15) is 37.7 Å². The standard InChI is InChI=1S/C21H20N2O/c1-21(2,3)20-22-11-10-19(23-20)24-16-9-8-15-12-14-6-4-5-7-17(14)18(15)13-16/h4-11,13H,12H2,1-3H3. The third kappa shape index (κ3) is 2.67. The van der Waals surface area contributed by atoms with E-state index in [2.05, 4.69) is 67.1 Å². The molecule has 1 aliphatic carbocycles. The van der Waals surface area contributed by atoms with Gasteiger partial charge in [0.15, 0.2) is 0 Å². The Kier molecular flexibility index (Phi) is 3.38. The summed E-state index contributed by atoms with van der Waals surface area (Å²) in [6.45, 7) is 6.29. The zero-order chi connectivity index (χ0) is 16.7. The predicted octanol–water partition coefficient (Wildman–Crippen LogP) is 5.14. The Hall–Kier alpha value is -2.68. The van der Waals surface area contributed by atoms with E-state index in [9.17, 15) is 0 Å². The van der Waals surface area contributed by atoms with Crippen LogP contribution < -0.4 is 4.74 Å². The topological polar surface area (TPSA) is 35.0 Å². The van der Waals surface area contributed by atoms with Crippen molar-refractivity contribution < 1.29 is 4.74 Å². The fraction of sp³-hybridized carbons (Fsp3) is 0.238. The fourth-order valence-corrected chi connectivity index (χ4v) is 3.05. The van der Waals surface area contributed by atoms with Gasteiger partial charge in [0.05, 0.1) is 0 Å². The monoisotopic (exact) mass is 316 g/mol. The van der Waals surface area contributed by atoms with E-state index in [1.54, 1.807) is 12.3 Å². The van der Waals surface area contributed by atoms with Crippen molar-refractivity contribution >= 4 is 0 Å². The second-order valence-corrected chi connectivity index (χ2v) is 7.22. The van der Waals surface area contributed by atoms with Gasteiger partial charge in [-0.3, -0.25) is 0 Å². The molecule has 4 rings (SSSR count). The average molecular weight is 316 g/mol. The summed E-state index contributed by atoms with van der Waals surface area (Å²) in [5, 5.41) is 0. The largest absolute Gasteiger partial charge is 0.439 e. The number of hydrogen-bond acceptors (Lipinski definition) is 3. The number of aromatic nitrogens is 2. The molecule has 0 saturated carbocycles. The van der Waals surface area contributed by atoms with Gasteiger partial charge in [-0.05, 0) is 40.8 Å². The summed E-state index contributed by atoms with van der Waals surface area (Å²) in [6, 6.07) is 16.6. The molecule has 3 nitrogen and oxygen atoms in total. The maximum Gasteiger partial charge on any atom is 0.222 e. The van der Waals surface area contributed by atoms with Gasteiger partial charge in [0.25, 0.3) is 0 Å². The van der Waals surface area contributed by atoms with Crippen molar-refractivity contribution in [2.45, 2.75) is 32.6 Å². The van der Waals surface area contributed by atoms with E-state index in [1.807, 2.05) is 6.07 Å². The summed E-state index contributed by atoms with van der Waals surface area (Å²) >= 11 is 0. The van der Waals surface area contributed by atoms with E-state index in [0.29, 0.717) is 5.88 Å². The number of benzene rings is 2. The minimum absolute atomic E-state index is 0.101. The third-order valence-corrected chi connectivity index (χ3v) is 4.29. The predicted molar refractivity (Wildman–Crippen MR) is 95.5 cm³/mol. The third-order valence-electron chi connectivity index (χ3n) is 4.29. The second kappa shape index (κ2) is 5.45. The zero-order valence-electron chi connectivity index (χ0n) is 14.2. The molecule has 0 bridgehead atoms. The first kappa shape index (κ1) is 14.9. The number of hydrogen-bond donors (Lipinski definition) is 0. The van der Waals surface area contributed by atoms with Crippen molar-refractivity contribution in [2.75, 3.05) is 0 Å². The zero-order valence-corrected chi connectivity index (χ0v) is 14.2. The summed E-state index contributed by atoms with van der Waals surface area (Å²) in [4.78, 5) is 8.89. The van der Waals surface area contributed by atoms with Crippen LogP contribution in [-0.2, 0) is 11.8 Å². The van der Waals surface area contributed by atoms with Gasteiger partial charge in [-0.1, -0.05) is 51.1 Å². The minimum atomic E-state index is -0.101. The van der Waals surface area contributed by atoms with Crippen molar-refractivity contribution in [3.05, 3.63) is 71.7 Å². The number of fused-ring (bicyclic) bond motifs is 3. The molecule has 1 aliphatic rings. The van der Waals surface area contributed by atoms with Gasteiger partial charge in [0.1, 0.15) is 11.6 Å². The molecule has 1 heterocycles. The van der Waals surface area contributed by atoms with Crippen LogP contribution in [0.2, 0.25) is 0 Å². The Balaban J connectivity index is 1.66. The van der Waals surface area contributed by atoms with Crippen LogP contribution >= 0.6 is 0 Å². The molecule has 2 aromatic carbocycles. The summed E-state index contributed by atoms with van der Waals surface area (Å²) < 4.78 is 6.00. The molecule has 3 heteroatoms. The highest BCUT2D eigenvalue weighted by Crippen LogP contribution is 2.39. The lowest BCUT2D eigenvalue weighted by atomic mass is 9.96. The second-order valence-electron chi connectivity index (χ2n) is 7.22. The van der Waals surface area contributed by atoms with Crippen LogP contribution in [0.4, 0.5) is 0 Å². The maximum atomic E-state index is 6.00. The number of ether oxygens (including phenoxy) is 1. The molecule has 0 unspecified atom stereocenters. The maximum absolute atomic E-state index is 6.00. The Morgan fingerprint density at radius 1 is 0.917 bits per heavy atom. The minimum Gasteiger partial charge on any atom is -0.439 e. The summed E-state index contributed by atoms with van der Waals surface area (Å²) in [5.74, 6) is 2.18. The van der Waals surface area contributed by atoms with Crippen molar-refractivity contribution in [2.24, 2.45) is 0 Å². The van der Waals surface area contributed by atoms with E-state index < -0.39 is 0 Å². The van der Waals surface area contributed by atoms with Gasteiger partial charge in [-0.2, -0.15) is 4.98 Å². The number of nitrogens with zero attached hydrogens (tertiary/aromatic N) is 2. The van der Waals surface area contributed by atoms with Crippen LogP contribution in [0.25, 0.3) is 11.1 Å². The Bertz CT molecular complexity index is 910. The molecule has 24 heavy (non-hydrogen) atoms. The normalized spacial score (nSPS) is 12.6.